The fraction of sp³-hybridized carbons (Fsp3) is 0.188. The number of ketones is 1. The number of aliphatic imine (C=N–C) groups is 1. The number of nitrogens with zero attached hydrogens (tertiary/aromatic N) is 2. The number of methoxy groups -OCH3 is 1. The number of carbonyl (C=O) groups is 2. The SMILES string of the molecule is COc1ccc2c(c1)C(CC(=O)c1cccc(NC(=O)c3cccnc3Sc3ccc(Cl)cc3)c1)=NC(C)(C)C2. The highest BCUT2D eigenvalue weighted by Crippen LogP contribution is 2.32. The Hall–Kier alpha value is -3.94. The van der Waals surface area contributed by atoms with E-state index in [9.17, 15) is 9.59 Å². The van der Waals surface area contributed by atoms with Crippen LogP contribution < -0.4 is 10.1 Å². The first-order chi connectivity index (χ1) is 19.2. The second-order valence-electron chi connectivity index (χ2n) is 10.1. The molecule has 0 spiro atoms. The van der Waals surface area contributed by atoms with Crippen molar-refractivity contribution in [2.24, 2.45) is 4.99 Å². The molecule has 3 aromatic carbocycles. The molecule has 1 aliphatic heterocycles. The van der Waals surface area contributed by atoms with Gasteiger partial charge in [-0.05, 0) is 86.5 Å². The molecule has 0 unspecified atom stereocenters. The highest BCUT2D eigenvalue weighted by Gasteiger charge is 2.28. The predicted molar refractivity (Wildman–Crippen MR) is 160 cm³/mol. The molecule has 0 atom stereocenters. The van der Waals surface area contributed by atoms with Crippen LogP contribution in [0.2, 0.25) is 5.02 Å². The third-order valence-electron chi connectivity index (χ3n) is 6.50. The lowest BCUT2D eigenvalue weighted by molar-refractivity contribution is 0.0996. The molecule has 202 valence electrons. The van der Waals surface area contributed by atoms with Crippen LogP contribution >= 0.6 is 23.4 Å². The summed E-state index contributed by atoms with van der Waals surface area (Å²) in [5.41, 5.74) is 3.98. The van der Waals surface area contributed by atoms with E-state index in [-0.39, 0.29) is 23.7 Å². The Bertz CT molecular complexity index is 1620. The molecule has 40 heavy (non-hydrogen) atoms. The van der Waals surface area contributed by atoms with Crippen LogP contribution in [0.4, 0.5) is 5.69 Å². The summed E-state index contributed by atoms with van der Waals surface area (Å²) in [7, 11) is 1.63. The van der Waals surface area contributed by atoms with E-state index in [2.05, 4.69) is 24.1 Å². The number of ether oxygens (including phenoxy) is 1. The minimum atomic E-state index is -0.311. The van der Waals surface area contributed by atoms with Crippen molar-refractivity contribution < 1.29 is 14.3 Å². The van der Waals surface area contributed by atoms with Gasteiger partial charge in [-0.15, -0.1) is 0 Å². The van der Waals surface area contributed by atoms with Crippen molar-refractivity contribution in [2.45, 2.75) is 42.1 Å². The number of hydrogen-bond acceptors (Lipinski definition) is 6. The van der Waals surface area contributed by atoms with Crippen LogP contribution in [0.3, 0.4) is 0 Å². The zero-order valence-electron chi connectivity index (χ0n) is 22.4. The third-order valence-corrected chi connectivity index (χ3v) is 7.78. The molecule has 2 heterocycles. The van der Waals surface area contributed by atoms with Crippen LogP contribution in [0.5, 0.6) is 5.75 Å². The first-order valence-corrected chi connectivity index (χ1v) is 14.0. The van der Waals surface area contributed by atoms with Gasteiger partial charge in [-0.3, -0.25) is 14.6 Å². The Kier molecular flexibility index (Phi) is 8.05. The van der Waals surface area contributed by atoms with Gasteiger partial charge in [-0.2, -0.15) is 0 Å². The Morgan fingerprint density at radius 2 is 1.82 bits per heavy atom. The fourth-order valence-electron chi connectivity index (χ4n) is 4.65. The van der Waals surface area contributed by atoms with Crippen LogP contribution in [-0.2, 0) is 6.42 Å². The molecule has 8 heteroatoms. The summed E-state index contributed by atoms with van der Waals surface area (Å²) < 4.78 is 5.41. The maximum atomic E-state index is 13.4. The maximum absolute atomic E-state index is 13.4. The molecule has 1 N–H and O–H groups in total. The molecular weight excluding hydrogens is 542 g/mol. The van der Waals surface area contributed by atoms with Gasteiger partial charge in [0.25, 0.3) is 5.91 Å². The van der Waals surface area contributed by atoms with Gasteiger partial charge in [0.05, 0.1) is 30.3 Å². The number of hydrogen-bond donors (Lipinski definition) is 1. The third kappa shape index (κ3) is 6.43. The molecule has 5 rings (SSSR count). The molecule has 0 bridgehead atoms. The Labute approximate surface area is 242 Å². The van der Waals surface area contributed by atoms with Gasteiger partial charge >= 0.3 is 0 Å². The molecular formula is C32H28ClN3O3S. The van der Waals surface area contributed by atoms with Crippen molar-refractivity contribution >= 4 is 46.5 Å². The van der Waals surface area contributed by atoms with E-state index in [1.807, 2.05) is 30.3 Å². The quantitative estimate of drug-likeness (QED) is 0.222. The number of rotatable bonds is 8. The van der Waals surface area contributed by atoms with Crippen molar-refractivity contribution in [3.8, 4) is 5.75 Å². The zero-order chi connectivity index (χ0) is 28.3. The number of pyridine rings is 1. The number of fused-ring (bicyclic) bond motifs is 1. The number of anilines is 1. The topological polar surface area (TPSA) is 80.6 Å². The molecule has 1 aliphatic rings. The lowest BCUT2D eigenvalue weighted by Crippen LogP contribution is -2.30. The molecule has 0 saturated carbocycles. The molecule has 1 aromatic heterocycles. The number of halogens is 1. The summed E-state index contributed by atoms with van der Waals surface area (Å²) in [5, 5.41) is 4.13. The average Bonchev–Trinajstić information content (AvgIpc) is 2.94. The van der Waals surface area contributed by atoms with E-state index in [0.29, 0.717) is 26.9 Å². The van der Waals surface area contributed by atoms with E-state index >= 15 is 0 Å². The molecule has 6 nitrogen and oxygen atoms in total. The van der Waals surface area contributed by atoms with Crippen LogP contribution in [0.25, 0.3) is 0 Å². The lowest BCUT2D eigenvalue weighted by atomic mass is 9.85. The van der Waals surface area contributed by atoms with Gasteiger partial charge in [0.1, 0.15) is 10.8 Å². The standard InChI is InChI=1S/C32H28ClN3O3S/c1-32(2)19-21-9-12-24(39-3)17-27(21)28(36-32)18-29(37)20-6-4-7-23(16-20)35-30(38)26-8-5-15-34-31(26)40-25-13-10-22(33)11-14-25/h4-17H,18-19H2,1-3H3,(H,35,38). The highest BCUT2D eigenvalue weighted by atomic mass is 35.5. The minimum absolute atomic E-state index is 0.0818. The maximum Gasteiger partial charge on any atom is 0.258 e. The van der Waals surface area contributed by atoms with Crippen molar-refractivity contribution in [2.75, 3.05) is 12.4 Å². The minimum Gasteiger partial charge on any atom is -0.497 e. The van der Waals surface area contributed by atoms with Gasteiger partial charge in [0, 0.05) is 32.9 Å². The number of benzene rings is 3. The van der Waals surface area contributed by atoms with Crippen molar-refractivity contribution in [3.63, 3.8) is 0 Å². The van der Waals surface area contributed by atoms with Crippen molar-refractivity contribution in [1.82, 2.24) is 4.98 Å². The summed E-state index contributed by atoms with van der Waals surface area (Å²) in [6.07, 6.45) is 2.58. The second-order valence-corrected chi connectivity index (χ2v) is 11.6. The summed E-state index contributed by atoms with van der Waals surface area (Å²) in [6.45, 7) is 4.14. The lowest BCUT2D eigenvalue weighted by Gasteiger charge is -2.29. The molecule has 4 aromatic rings. The number of Topliss-reactive ketones (excluding diaryl/α,β-unsaturated/α-hetero) is 1. The van der Waals surface area contributed by atoms with Crippen LogP contribution in [0.1, 0.15) is 52.1 Å². The van der Waals surface area contributed by atoms with Gasteiger partial charge in [0.2, 0.25) is 0 Å². The fourth-order valence-corrected chi connectivity index (χ4v) is 5.66. The molecule has 0 aliphatic carbocycles. The second kappa shape index (κ2) is 11.7. The number of carbonyl (C=O) groups excluding carboxylic acids is 2. The van der Waals surface area contributed by atoms with Crippen LogP contribution in [-0.4, -0.2) is 35.0 Å². The number of amides is 1. The summed E-state index contributed by atoms with van der Waals surface area (Å²) in [6, 6.07) is 23.7. The largest absolute Gasteiger partial charge is 0.497 e. The molecule has 1 amide bonds. The van der Waals surface area contributed by atoms with E-state index in [0.717, 1.165) is 33.9 Å². The van der Waals surface area contributed by atoms with Crippen LogP contribution in [0, 0.1) is 0 Å². The van der Waals surface area contributed by atoms with Gasteiger partial charge in [-0.1, -0.05) is 41.6 Å². The molecule has 0 saturated heterocycles. The highest BCUT2D eigenvalue weighted by molar-refractivity contribution is 7.99. The monoisotopic (exact) mass is 569 g/mol. The molecule has 0 fully saturated rings. The van der Waals surface area contributed by atoms with Crippen molar-refractivity contribution in [3.05, 3.63) is 112 Å². The number of nitrogens with one attached hydrogen (secondary N) is 1. The average molecular weight is 570 g/mol. The Morgan fingerprint density at radius 3 is 2.60 bits per heavy atom. The van der Waals surface area contributed by atoms with E-state index in [4.69, 9.17) is 21.3 Å². The van der Waals surface area contributed by atoms with Gasteiger partial charge in [-0.25, -0.2) is 4.98 Å². The normalized spacial score (nSPS) is 13.7. The summed E-state index contributed by atoms with van der Waals surface area (Å²) in [4.78, 5) is 36.9. The van der Waals surface area contributed by atoms with E-state index < -0.39 is 0 Å². The van der Waals surface area contributed by atoms with Gasteiger partial charge in [0.15, 0.2) is 5.78 Å². The van der Waals surface area contributed by atoms with E-state index in [1.54, 1.807) is 61.8 Å². The predicted octanol–water partition coefficient (Wildman–Crippen LogP) is 7.54. The summed E-state index contributed by atoms with van der Waals surface area (Å²) in [5.74, 6) is 0.336. The Morgan fingerprint density at radius 1 is 1.02 bits per heavy atom. The summed E-state index contributed by atoms with van der Waals surface area (Å²) >= 11 is 7.38. The van der Waals surface area contributed by atoms with Crippen LogP contribution in [0.15, 0.2) is 100.0 Å². The molecule has 0 radical (unpaired) electrons. The first kappa shape index (κ1) is 27.6. The van der Waals surface area contributed by atoms with E-state index in [1.165, 1.54) is 11.8 Å². The van der Waals surface area contributed by atoms with Crippen molar-refractivity contribution in [1.29, 1.82) is 0 Å². The Balaban J connectivity index is 1.34. The first-order valence-electron chi connectivity index (χ1n) is 12.8. The zero-order valence-corrected chi connectivity index (χ0v) is 24.0. The smallest absolute Gasteiger partial charge is 0.258 e. The number of aromatic nitrogens is 1. The van der Waals surface area contributed by atoms with Gasteiger partial charge < -0.3 is 10.1 Å².